The standard InChI is InChI=1S/C20H20F4N2O3/c1-12(27)26-14-3-5-15(6-4-14)28-16-8-9-25-18(11-16)13-2-7-19(17(21)10-13)29-20(22,23)24/h2,7-11,14-15H,3-6H2,1H3,(H,26,27)/t14-,15+. The molecular weight excluding hydrogens is 392 g/mol. The van der Waals surface area contributed by atoms with E-state index >= 15 is 0 Å². The molecule has 0 radical (unpaired) electrons. The molecule has 1 N–H and O–H groups in total. The Bertz CT molecular complexity index is 865. The highest BCUT2D eigenvalue weighted by Gasteiger charge is 2.32. The zero-order valence-corrected chi connectivity index (χ0v) is 15.6. The van der Waals surface area contributed by atoms with Crippen molar-refractivity contribution in [2.75, 3.05) is 0 Å². The minimum absolute atomic E-state index is 0.0189. The molecule has 1 saturated carbocycles. The van der Waals surface area contributed by atoms with Crippen molar-refractivity contribution in [3.63, 3.8) is 0 Å². The Morgan fingerprint density at radius 2 is 1.86 bits per heavy atom. The first-order valence-corrected chi connectivity index (χ1v) is 9.15. The fourth-order valence-electron chi connectivity index (χ4n) is 3.31. The lowest BCUT2D eigenvalue weighted by atomic mass is 9.93. The van der Waals surface area contributed by atoms with Crippen LogP contribution in [0.15, 0.2) is 36.5 Å². The van der Waals surface area contributed by atoms with Gasteiger partial charge in [0.05, 0.1) is 11.8 Å². The quantitative estimate of drug-likeness (QED) is 0.729. The summed E-state index contributed by atoms with van der Waals surface area (Å²) < 4.78 is 60.4. The Morgan fingerprint density at radius 3 is 2.48 bits per heavy atom. The van der Waals surface area contributed by atoms with Crippen molar-refractivity contribution in [1.29, 1.82) is 0 Å². The second kappa shape index (κ2) is 8.67. The number of benzene rings is 1. The van der Waals surface area contributed by atoms with E-state index in [1.54, 1.807) is 12.1 Å². The molecule has 29 heavy (non-hydrogen) atoms. The van der Waals surface area contributed by atoms with Crippen LogP contribution in [0.2, 0.25) is 0 Å². The molecule has 3 rings (SSSR count). The largest absolute Gasteiger partial charge is 0.573 e. The van der Waals surface area contributed by atoms with Gasteiger partial charge in [-0.1, -0.05) is 0 Å². The predicted molar refractivity (Wildman–Crippen MR) is 96.8 cm³/mol. The van der Waals surface area contributed by atoms with Crippen LogP contribution < -0.4 is 14.8 Å². The van der Waals surface area contributed by atoms with Gasteiger partial charge in [0.25, 0.3) is 0 Å². The van der Waals surface area contributed by atoms with Gasteiger partial charge in [0, 0.05) is 30.8 Å². The second-order valence-corrected chi connectivity index (χ2v) is 6.86. The van der Waals surface area contributed by atoms with E-state index in [1.807, 2.05) is 0 Å². The Labute approximate surface area is 165 Å². The van der Waals surface area contributed by atoms with Crippen molar-refractivity contribution in [1.82, 2.24) is 10.3 Å². The van der Waals surface area contributed by atoms with E-state index in [0.717, 1.165) is 37.8 Å². The van der Waals surface area contributed by atoms with Crippen LogP contribution in [-0.2, 0) is 4.79 Å². The van der Waals surface area contributed by atoms with Gasteiger partial charge in [0.15, 0.2) is 11.6 Å². The highest BCUT2D eigenvalue weighted by atomic mass is 19.4. The van der Waals surface area contributed by atoms with Gasteiger partial charge in [-0.25, -0.2) is 4.39 Å². The molecule has 5 nitrogen and oxygen atoms in total. The molecule has 0 unspecified atom stereocenters. The molecule has 0 atom stereocenters. The summed E-state index contributed by atoms with van der Waals surface area (Å²) in [4.78, 5) is 15.3. The average molecular weight is 412 g/mol. The Balaban J connectivity index is 1.66. The number of ether oxygens (including phenoxy) is 2. The number of aromatic nitrogens is 1. The van der Waals surface area contributed by atoms with Gasteiger partial charge in [-0.3, -0.25) is 9.78 Å². The van der Waals surface area contributed by atoms with E-state index < -0.39 is 17.9 Å². The van der Waals surface area contributed by atoms with E-state index in [-0.39, 0.29) is 18.1 Å². The average Bonchev–Trinajstić information content (AvgIpc) is 2.64. The maximum Gasteiger partial charge on any atom is 0.573 e. The molecule has 1 aliphatic carbocycles. The summed E-state index contributed by atoms with van der Waals surface area (Å²) in [7, 11) is 0. The molecule has 1 aromatic carbocycles. The molecule has 1 heterocycles. The number of halogens is 4. The topological polar surface area (TPSA) is 60.5 Å². The molecule has 156 valence electrons. The monoisotopic (exact) mass is 412 g/mol. The van der Waals surface area contributed by atoms with E-state index in [4.69, 9.17) is 4.74 Å². The van der Waals surface area contributed by atoms with Crippen LogP contribution >= 0.6 is 0 Å². The molecule has 1 aliphatic rings. The number of carbonyl (C=O) groups is 1. The third-order valence-corrected chi connectivity index (χ3v) is 4.57. The number of hydrogen-bond acceptors (Lipinski definition) is 4. The molecule has 9 heteroatoms. The van der Waals surface area contributed by atoms with Gasteiger partial charge in [-0.15, -0.1) is 13.2 Å². The van der Waals surface area contributed by atoms with Crippen LogP contribution in [0.25, 0.3) is 11.3 Å². The van der Waals surface area contributed by atoms with Crippen molar-refractivity contribution >= 4 is 5.91 Å². The summed E-state index contributed by atoms with van der Waals surface area (Å²) >= 11 is 0. The number of nitrogens with zero attached hydrogens (tertiary/aromatic N) is 1. The number of nitrogens with one attached hydrogen (secondary N) is 1. The predicted octanol–water partition coefficient (Wildman–Crippen LogP) is 4.61. The number of amides is 1. The first-order chi connectivity index (χ1) is 13.7. The molecule has 0 saturated heterocycles. The van der Waals surface area contributed by atoms with Gasteiger partial charge in [-0.05, 0) is 49.9 Å². The SMILES string of the molecule is CC(=O)N[C@H]1CC[C@@H](Oc2ccnc(-c3ccc(OC(F)(F)F)c(F)c3)c2)CC1. The fourth-order valence-corrected chi connectivity index (χ4v) is 3.31. The molecule has 2 aromatic rings. The van der Waals surface area contributed by atoms with Crippen LogP contribution in [0.4, 0.5) is 17.6 Å². The summed E-state index contributed by atoms with van der Waals surface area (Å²) in [5, 5.41) is 2.90. The van der Waals surface area contributed by atoms with Gasteiger partial charge >= 0.3 is 6.36 Å². The first-order valence-electron chi connectivity index (χ1n) is 9.15. The van der Waals surface area contributed by atoms with Crippen molar-refractivity contribution in [2.24, 2.45) is 0 Å². The van der Waals surface area contributed by atoms with E-state index in [0.29, 0.717) is 17.0 Å². The van der Waals surface area contributed by atoms with Gasteiger partial charge in [0.2, 0.25) is 5.91 Å². The van der Waals surface area contributed by atoms with Crippen molar-refractivity contribution in [2.45, 2.75) is 51.1 Å². The number of carbonyl (C=O) groups excluding carboxylic acids is 1. The Morgan fingerprint density at radius 1 is 1.14 bits per heavy atom. The molecule has 1 aromatic heterocycles. The lowest BCUT2D eigenvalue weighted by Crippen LogP contribution is -2.38. The second-order valence-electron chi connectivity index (χ2n) is 6.86. The number of rotatable bonds is 5. The van der Waals surface area contributed by atoms with Gasteiger partial charge in [-0.2, -0.15) is 0 Å². The third kappa shape index (κ3) is 6.07. The summed E-state index contributed by atoms with van der Waals surface area (Å²) in [6, 6.07) is 6.58. The van der Waals surface area contributed by atoms with Crippen LogP contribution in [0, 0.1) is 5.82 Å². The molecule has 0 aliphatic heterocycles. The zero-order chi connectivity index (χ0) is 21.0. The molecule has 1 fully saturated rings. The number of alkyl halides is 3. The van der Waals surface area contributed by atoms with Crippen LogP contribution in [0.5, 0.6) is 11.5 Å². The number of hydrogen-bond donors (Lipinski definition) is 1. The Hall–Kier alpha value is -2.84. The zero-order valence-electron chi connectivity index (χ0n) is 15.6. The smallest absolute Gasteiger partial charge is 0.490 e. The van der Waals surface area contributed by atoms with Crippen LogP contribution in [0.1, 0.15) is 32.6 Å². The molecule has 0 bridgehead atoms. The highest BCUT2D eigenvalue weighted by molar-refractivity contribution is 5.73. The Kier molecular flexibility index (Phi) is 6.24. The summed E-state index contributed by atoms with van der Waals surface area (Å²) in [6.45, 7) is 1.49. The van der Waals surface area contributed by atoms with Crippen LogP contribution in [-0.4, -0.2) is 29.4 Å². The first kappa shape index (κ1) is 20.9. The third-order valence-electron chi connectivity index (χ3n) is 4.57. The highest BCUT2D eigenvalue weighted by Crippen LogP contribution is 2.31. The van der Waals surface area contributed by atoms with Crippen LogP contribution in [0.3, 0.4) is 0 Å². The minimum Gasteiger partial charge on any atom is -0.490 e. The van der Waals surface area contributed by atoms with Crippen molar-refractivity contribution in [3.8, 4) is 22.8 Å². The van der Waals surface area contributed by atoms with Crippen molar-refractivity contribution in [3.05, 3.63) is 42.3 Å². The summed E-state index contributed by atoms with van der Waals surface area (Å²) in [5.41, 5.74) is 0.670. The fraction of sp³-hybridized carbons (Fsp3) is 0.400. The normalized spacial score (nSPS) is 19.5. The van der Waals surface area contributed by atoms with Gasteiger partial charge < -0.3 is 14.8 Å². The summed E-state index contributed by atoms with van der Waals surface area (Å²) in [6.07, 6.45) is -0.308. The lowest BCUT2D eigenvalue weighted by Gasteiger charge is -2.29. The maximum atomic E-state index is 14.0. The lowest BCUT2D eigenvalue weighted by molar-refractivity contribution is -0.275. The van der Waals surface area contributed by atoms with Gasteiger partial charge in [0.1, 0.15) is 5.75 Å². The van der Waals surface area contributed by atoms with Crippen molar-refractivity contribution < 1.29 is 31.8 Å². The molecular formula is C20H20F4N2O3. The molecule has 0 spiro atoms. The maximum absolute atomic E-state index is 14.0. The van der Waals surface area contributed by atoms with E-state index in [9.17, 15) is 22.4 Å². The summed E-state index contributed by atoms with van der Waals surface area (Å²) in [5.74, 6) is -1.55. The van der Waals surface area contributed by atoms with E-state index in [2.05, 4.69) is 15.0 Å². The van der Waals surface area contributed by atoms with E-state index in [1.165, 1.54) is 19.2 Å². The molecule has 1 amide bonds. The number of pyridine rings is 1. The minimum atomic E-state index is -4.96.